The molecule has 3 heterocycles. The minimum Gasteiger partial charge on any atom is -0.479 e. The fourth-order valence-electron chi connectivity index (χ4n) is 2.81. The van der Waals surface area contributed by atoms with Crippen LogP contribution in [0.3, 0.4) is 0 Å². The van der Waals surface area contributed by atoms with E-state index >= 15 is 0 Å². The minimum atomic E-state index is -0.905. The summed E-state index contributed by atoms with van der Waals surface area (Å²) in [5.74, 6) is -0.905. The number of aliphatic carboxylic acids is 1. The van der Waals surface area contributed by atoms with E-state index in [2.05, 4.69) is 15.3 Å². The van der Waals surface area contributed by atoms with Crippen LogP contribution in [0.2, 0.25) is 0 Å². The Labute approximate surface area is 114 Å². The van der Waals surface area contributed by atoms with E-state index in [0.717, 1.165) is 22.2 Å². The van der Waals surface area contributed by atoms with Crippen molar-refractivity contribution in [2.75, 3.05) is 5.32 Å². The zero-order valence-corrected chi connectivity index (χ0v) is 10.4. The van der Waals surface area contributed by atoms with Crippen LogP contribution in [-0.2, 0) is 4.79 Å². The van der Waals surface area contributed by atoms with Gasteiger partial charge in [-0.25, -0.2) is 9.78 Å². The number of benzene rings is 1. The van der Waals surface area contributed by atoms with E-state index in [0.29, 0.717) is 11.2 Å². The fourth-order valence-corrected chi connectivity index (χ4v) is 2.81. The third-order valence-corrected chi connectivity index (χ3v) is 3.68. The molecule has 20 heavy (non-hydrogen) atoms. The van der Waals surface area contributed by atoms with Crippen molar-refractivity contribution in [2.24, 2.45) is 0 Å². The number of carboxylic acid groups (broad SMARTS) is 1. The molecule has 4 rings (SSSR count). The average molecular weight is 265 g/mol. The third-order valence-electron chi connectivity index (χ3n) is 3.68. The van der Waals surface area contributed by atoms with Gasteiger partial charge in [0.1, 0.15) is 5.65 Å². The van der Waals surface area contributed by atoms with Crippen LogP contribution in [0.15, 0.2) is 42.7 Å². The number of aromatic amines is 1. The van der Waals surface area contributed by atoms with Crippen molar-refractivity contribution in [3.05, 3.63) is 48.3 Å². The number of hydrogen-bond acceptors (Lipinski definition) is 3. The Morgan fingerprint density at radius 3 is 2.90 bits per heavy atom. The number of anilines is 1. The second-order valence-corrected chi connectivity index (χ2v) is 4.79. The molecule has 3 N–H and O–H groups in total. The summed E-state index contributed by atoms with van der Waals surface area (Å²) in [7, 11) is 0. The molecular weight excluding hydrogens is 254 g/mol. The van der Waals surface area contributed by atoms with Crippen molar-refractivity contribution < 1.29 is 9.90 Å². The largest absolute Gasteiger partial charge is 0.479 e. The molecule has 1 unspecified atom stereocenters. The van der Waals surface area contributed by atoms with E-state index in [1.54, 1.807) is 12.4 Å². The molecule has 0 bridgehead atoms. The zero-order valence-electron chi connectivity index (χ0n) is 10.4. The van der Waals surface area contributed by atoms with Crippen LogP contribution in [0.1, 0.15) is 11.6 Å². The molecule has 2 aromatic heterocycles. The van der Waals surface area contributed by atoms with Crippen LogP contribution in [-0.4, -0.2) is 21.0 Å². The number of pyridine rings is 1. The fraction of sp³-hybridized carbons (Fsp3) is 0.0667. The molecule has 3 aromatic rings. The van der Waals surface area contributed by atoms with Gasteiger partial charge in [-0.1, -0.05) is 18.2 Å². The second-order valence-electron chi connectivity index (χ2n) is 4.79. The normalized spacial score (nSPS) is 16.3. The lowest BCUT2D eigenvalue weighted by Crippen LogP contribution is -2.19. The smallest absolute Gasteiger partial charge is 0.330 e. The Balaban J connectivity index is 2.15. The number of rotatable bonds is 1. The van der Waals surface area contributed by atoms with Crippen molar-refractivity contribution in [3.8, 4) is 11.1 Å². The maximum Gasteiger partial charge on any atom is 0.330 e. The lowest BCUT2D eigenvalue weighted by molar-refractivity contribution is -0.138. The van der Waals surface area contributed by atoms with Crippen molar-refractivity contribution >= 4 is 22.7 Å². The number of carbonyl (C=O) groups is 1. The number of hydrogen-bond donors (Lipinski definition) is 3. The van der Waals surface area contributed by atoms with Crippen LogP contribution >= 0.6 is 0 Å². The first-order chi connectivity index (χ1) is 9.75. The number of fused-ring (bicyclic) bond motifs is 2. The Morgan fingerprint density at radius 2 is 2.05 bits per heavy atom. The van der Waals surface area contributed by atoms with Crippen LogP contribution in [0, 0.1) is 0 Å². The van der Waals surface area contributed by atoms with Gasteiger partial charge in [0.2, 0.25) is 0 Å². The summed E-state index contributed by atoms with van der Waals surface area (Å²) < 4.78 is 0. The van der Waals surface area contributed by atoms with Gasteiger partial charge in [-0.05, 0) is 17.7 Å². The molecule has 1 atom stereocenters. The molecule has 1 aliphatic rings. The highest BCUT2D eigenvalue weighted by Crippen LogP contribution is 2.41. The number of para-hydroxylation sites is 1. The van der Waals surface area contributed by atoms with Crippen LogP contribution in [0.25, 0.3) is 22.2 Å². The molecule has 0 radical (unpaired) electrons. The first kappa shape index (κ1) is 11.0. The standard InChI is InChI=1S/C15H11N3O2/c19-15(20)13-10-7-17-14-12(10)9(5-6-16-14)8-3-1-2-4-11(8)18-13/h1-7,13,18H,(H,16,17)(H,19,20). The highest BCUT2D eigenvalue weighted by molar-refractivity contribution is 6.03. The Hall–Kier alpha value is -2.82. The van der Waals surface area contributed by atoms with Gasteiger partial charge in [0.05, 0.1) is 0 Å². The summed E-state index contributed by atoms with van der Waals surface area (Å²) in [6.45, 7) is 0. The Bertz CT molecular complexity index is 838. The summed E-state index contributed by atoms with van der Waals surface area (Å²) in [6.07, 6.45) is 3.45. The number of aromatic nitrogens is 2. The van der Waals surface area contributed by atoms with Crippen molar-refractivity contribution in [2.45, 2.75) is 6.04 Å². The minimum absolute atomic E-state index is 0.710. The van der Waals surface area contributed by atoms with Gasteiger partial charge in [0.25, 0.3) is 0 Å². The van der Waals surface area contributed by atoms with E-state index in [4.69, 9.17) is 0 Å². The Kier molecular flexibility index (Phi) is 2.12. The van der Waals surface area contributed by atoms with Crippen LogP contribution < -0.4 is 5.32 Å². The third kappa shape index (κ3) is 1.37. The van der Waals surface area contributed by atoms with E-state index in [9.17, 15) is 9.90 Å². The van der Waals surface area contributed by atoms with Gasteiger partial charge < -0.3 is 15.4 Å². The summed E-state index contributed by atoms with van der Waals surface area (Å²) >= 11 is 0. The van der Waals surface area contributed by atoms with Gasteiger partial charge in [0.15, 0.2) is 6.04 Å². The van der Waals surface area contributed by atoms with Gasteiger partial charge in [-0.3, -0.25) is 0 Å². The lowest BCUT2D eigenvalue weighted by Gasteiger charge is -2.14. The van der Waals surface area contributed by atoms with Gasteiger partial charge >= 0.3 is 5.97 Å². The molecule has 0 spiro atoms. The van der Waals surface area contributed by atoms with Gasteiger partial charge in [0, 0.05) is 34.6 Å². The average Bonchev–Trinajstić information content (AvgIpc) is 2.82. The topological polar surface area (TPSA) is 78.0 Å². The van der Waals surface area contributed by atoms with Gasteiger partial charge in [-0.2, -0.15) is 0 Å². The van der Waals surface area contributed by atoms with Crippen LogP contribution in [0.4, 0.5) is 5.69 Å². The quantitative estimate of drug-likeness (QED) is 0.632. The maximum atomic E-state index is 11.6. The molecule has 5 heteroatoms. The van der Waals surface area contributed by atoms with E-state index in [1.807, 2.05) is 30.3 Å². The van der Waals surface area contributed by atoms with Crippen molar-refractivity contribution in [1.29, 1.82) is 0 Å². The molecule has 98 valence electrons. The highest BCUT2D eigenvalue weighted by Gasteiger charge is 2.28. The molecule has 0 aliphatic carbocycles. The maximum absolute atomic E-state index is 11.6. The number of nitrogens with one attached hydrogen (secondary N) is 2. The summed E-state index contributed by atoms with van der Waals surface area (Å²) in [5.41, 5.74) is 4.24. The monoisotopic (exact) mass is 265 g/mol. The molecule has 0 fully saturated rings. The molecule has 0 saturated carbocycles. The van der Waals surface area contributed by atoms with Gasteiger partial charge in [-0.15, -0.1) is 0 Å². The van der Waals surface area contributed by atoms with E-state index < -0.39 is 12.0 Å². The highest BCUT2D eigenvalue weighted by atomic mass is 16.4. The molecule has 5 nitrogen and oxygen atoms in total. The molecule has 0 amide bonds. The van der Waals surface area contributed by atoms with E-state index in [1.165, 1.54) is 0 Å². The predicted octanol–water partition coefficient (Wildman–Crippen LogP) is 2.78. The predicted molar refractivity (Wildman–Crippen MR) is 75.5 cm³/mol. The number of H-pyrrole nitrogens is 1. The first-order valence-corrected chi connectivity index (χ1v) is 6.30. The number of nitrogens with zero attached hydrogens (tertiary/aromatic N) is 1. The molecule has 0 saturated heterocycles. The summed E-state index contributed by atoms with van der Waals surface area (Å²) in [5, 5.41) is 13.5. The number of carboxylic acids is 1. The van der Waals surface area contributed by atoms with Crippen molar-refractivity contribution in [1.82, 2.24) is 9.97 Å². The Morgan fingerprint density at radius 1 is 1.20 bits per heavy atom. The van der Waals surface area contributed by atoms with Crippen LogP contribution in [0.5, 0.6) is 0 Å². The first-order valence-electron chi connectivity index (χ1n) is 6.30. The van der Waals surface area contributed by atoms with Crippen molar-refractivity contribution in [3.63, 3.8) is 0 Å². The molecule has 1 aromatic carbocycles. The summed E-state index contributed by atoms with van der Waals surface area (Å²) in [6, 6.07) is 8.86. The second kappa shape index (κ2) is 3.84. The SMILES string of the molecule is O=C(O)C1Nc2ccccc2-c2ccnc3[nH]cc1c23. The molecular formula is C15H11N3O2. The zero-order chi connectivity index (χ0) is 13.7. The summed E-state index contributed by atoms with van der Waals surface area (Å²) in [4.78, 5) is 18.9. The molecule has 1 aliphatic heterocycles. The lowest BCUT2D eigenvalue weighted by atomic mass is 10.0. The van der Waals surface area contributed by atoms with E-state index in [-0.39, 0.29) is 0 Å².